The summed E-state index contributed by atoms with van der Waals surface area (Å²) in [6.07, 6.45) is 3.71. The molecule has 2 atom stereocenters. The van der Waals surface area contributed by atoms with Gasteiger partial charge in [-0.05, 0) is 18.4 Å². The maximum absolute atomic E-state index is 12.5. The molecule has 2 aromatic rings. The van der Waals surface area contributed by atoms with Crippen LogP contribution in [0.4, 0.5) is 4.79 Å². The van der Waals surface area contributed by atoms with E-state index in [2.05, 4.69) is 20.6 Å². The van der Waals surface area contributed by atoms with E-state index in [1.807, 2.05) is 44.2 Å². The van der Waals surface area contributed by atoms with Crippen LogP contribution in [0.1, 0.15) is 45.0 Å². The Labute approximate surface area is 147 Å². The van der Waals surface area contributed by atoms with Crippen molar-refractivity contribution in [2.45, 2.75) is 45.2 Å². The van der Waals surface area contributed by atoms with Gasteiger partial charge >= 0.3 is 6.03 Å². The molecule has 2 rings (SSSR count). The van der Waals surface area contributed by atoms with Gasteiger partial charge in [0.05, 0.1) is 17.9 Å². The van der Waals surface area contributed by atoms with Crippen molar-refractivity contribution in [2.24, 2.45) is 5.73 Å². The van der Waals surface area contributed by atoms with Crippen molar-refractivity contribution in [3.05, 3.63) is 42.4 Å². The zero-order valence-corrected chi connectivity index (χ0v) is 14.6. The molecule has 0 saturated carbocycles. The number of primary amides is 1. The van der Waals surface area contributed by atoms with Crippen LogP contribution in [0.25, 0.3) is 11.3 Å². The highest BCUT2D eigenvalue weighted by atomic mass is 16.2. The van der Waals surface area contributed by atoms with Crippen molar-refractivity contribution in [2.75, 3.05) is 0 Å². The summed E-state index contributed by atoms with van der Waals surface area (Å²) in [5, 5.41) is 5.42. The first-order chi connectivity index (χ1) is 12.0. The molecule has 134 valence electrons. The average Bonchev–Trinajstić information content (AvgIpc) is 3.09. The largest absolute Gasteiger partial charge is 0.352 e. The number of carbonyl (C=O) groups is 2. The lowest BCUT2D eigenvalue weighted by molar-refractivity contribution is -0.123. The van der Waals surface area contributed by atoms with E-state index in [0.717, 1.165) is 17.7 Å². The Morgan fingerprint density at radius 3 is 2.52 bits per heavy atom. The summed E-state index contributed by atoms with van der Waals surface area (Å²) in [5.41, 5.74) is 7.08. The van der Waals surface area contributed by atoms with Gasteiger partial charge < -0.3 is 21.4 Å². The second kappa shape index (κ2) is 8.86. The molecule has 1 aromatic carbocycles. The normalized spacial score (nSPS) is 13.0. The zero-order chi connectivity index (χ0) is 18.2. The highest BCUT2D eigenvalue weighted by Crippen LogP contribution is 2.20. The number of nitrogens with one attached hydrogen (secondary N) is 3. The smallest absolute Gasteiger partial charge is 0.312 e. The summed E-state index contributed by atoms with van der Waals surface area (Å²) in [7, 11) is 0. The summed E-state index contributed by atoms with van der Waals surface area (Å²) >= 11 is 0. The summed E-state index contributed by atoms with van der Waals surface area (Å²) in [6, 6.07) is 8.25. The van der Waals surface area contributed by atoms with Crippen molar-refractivity contribution in [1.82, 2.24) is 20.6 Å². The Hall–Kier alpha value is -2.83. The molecule has 7 nitrogen and oxygen atoms in total. The van der Waals surface area contributed by atoms with Crippen molar-refractivity contribution in [3.63, 3.8) is 0 Å². The SMILES string of the molecule is CCC[C@@H](NC(N)=O)C(=O)NC(CC)c1ncc(-c2ccccc2)[nH]1. The molecule has 0 saturated heterocycles. The van der Waals surface area contributed by atoms with E-state index in [1.54, 1.807) is 6.20 Å². The number of hydrogen-bond donors (Lipinski definition) is 4. The predicted octanol–water partition coefficient (Wildman–Crippen LogP) is 2.48. The molecule has 0 spiro atoms. The summed E-state index contributed by atoms with van der Waals surface area (Å²) < 4.78 is 0. The van der Waals surface area contributed by atoms with Crippen LogP contribution in [0, 0.1) is 0 Å². The van der Waals surface area contributed by atoms with E-state index in [4.69, 9.17) is 5.73 Å². The lowest BCUT2D eigenvalue weighted by Gasteiger charge is -2.20. The fourth-order valence-electron chi connectivity index (χ4n) is 2.64. The molecule has 0 aliphatic rings. The third-order valence-corrected chi connectivity index (χ3v) is 3.95. The van der Waals surface area contributed by atoms with Crippen LogP contribution in [-0.2, 0) is 4.79 Å². The van der Waals surface area contributed by atoms with Gasteiger partial charge in [0.25, 0.3) is 0 Å². The van der Waals surface area contributed by atoms with Gasteiger partial charge in [-0.25, -0.2) is 9.78 Å². The van der Waals surface area contributed by atoms with E-state index < -0.39 is 12.1 Å². The van der Waals surface area contributed by atoms with Gasteiger partial charge in [0.2, 0.25) is 5.91 Å². The first-order valence-electron chi connectivity index (χ1n) is 8.51. The summed E-state index contributed by atoms with van der Waals surface area (Å²) in [6.45, 7) is 3.91. The number of H-pyrrole nitrogens is 1. The predicted molar refractivity (Wildman–Crippen MR) is 96.6 cm³/mol. The van der Waals surface area contributed by atoms with E-state index in [-0.39, 0.29) is 11.9 Å². The molecule has 0 radical (unpaired) electrons. The molecular weight excluding hydrogens is 318 g/mol. The topological polar surface area (TPSA) is 113 Å². The van der Waals surface area contributed by atoms with E-state index in [9.17, 15) is 9.59 Å². The molecule has 0 bridgehead atoms. The number of urea groups is 1. The number of amides is 3. The minimum absolute atomic E-state index is 0.259. The maximum Gasteiger partial charge on any atom is 0.312 e. The quantitative estimate of drug-likeness (QED) is 0.590. The first-order valence-corrected chi connectivity index (χ1v) is 8.51. The molecule has 1 unspecified atom stereocenters. The lowest BCUT2D eigenvalue weighted by atomic mass is 10.1. The fraction of sp³-hybridized carbons (Fsp3) is 0.389. The Morgan fingerprint density at radius 2 is 1.92 bits per heavy atom. The fourth-order valence-corrected chi connectivity index (χ4v) is 2.64. The Bertz CT molecular complexity index is 699. The highest BCUT2D eigenvalue weighted by Gasteiger charge is 2.23. The van der Waals surface area contributed by atoms with Crippen molar-refractivity contribution in [3.8, 4) is 11.3 Å². The van der Waals surface area contributed by atoms with Crippen LogP contribution >= 0.6 is 0 Å². The molecule has 0 aliphatic heterocycles. The van der Waals surface area contributed by atoms with Gasteiger partial charge in [-0.3, -0.25) is 4.79 Å². The molecule has 5 N–H and O–H groups in total. The second-order valence-corrected chi connectivity index (χ2v) is 5.87. The average molecular weight is 343 g/mol. The van der Waals surface area contributed by atoms with E-state index >= 15 is 0 Å². The number of rotatable bonds is 8. The standard InChI is InChI=1S/C18H25N5O2/c1-3-8-14(23-18(19)25)17(24)22-13(4-2)16-20-11-15(21-16)12-9-6-5-7-10-12/h5-7,9-11,13-14H,3-4,8H2,1-2H3,(H,20,21)(H,22,24)(H3,19,23,25)/t13?,14-/m1/s1. The summed E-state index contributed by atoms with van der Waals surface area (Å²) in [5.74, 6) is 0.425. The van der Waals surface area contributed by atoms with Crippen LogP contribution in [0.3, 0.4) is 0 Å². The Balaban J connectivity index is 2.10. The lowest BCUT2D eigenvalue weighted by Crippen LogP contribution is -2.49. The van der Waals surface area contributed by atoms with Crippen molar-refractivity contribution < 1.29 is 9.59 Å². The number of hydrogen-bond acceptors (Lipinski definition) is 3. The van der Waals surface area contributed by atoms with Crippen molar-refractivity contribution >= 4 is 11.9 Å². The summed E-state index contributed by atoms with van der Waals surface area (Å²) in [4.78, 5) is 31.2. The molecule has 1 aromatic heterocycles. The van der Waals surface area contributed by atoms with Crippen LogP contribution in [-0.4, -0.2) is 27.9 Å². The third kappa shape index (κ3) is 5.07. The number of aromatic nitrogens is 2. The number of imidazole rings is 1. The maximum atomic E-state index is 12.5. The van der Waals surface area contributed by atoms with Gasteiger partial charge in [0.15, 0.2) is 0 Å². The number of carbonyl (C=O) groups excluding carboxylic acids is 2. The minimum atomic E-state index is -0.703. The van der Waals surface area contributed by atoms with E-state index in [0.29, 0.717) is 18.7 Å². The van der Waals surface area contributed by atoms with Crippen LogP contribution in [0.5, 0.6) is 0 Å². The molecule has 25 heavy (non-hydrogen) atoms. The Kier molecular flexibility index (Phi) is 6.56. The van der Waals surface area contributed by atoms with Gasteiger partial charge in [0, 0.05) is 0 Å². The van der Waals surface area contributed by atoms with Crippen LogP contribution in [0.2, 0.25) is 0 Å². The molecule has 0 aliphatic carbocycles. The number of nitrogens with zero attached hydrogens (tertiary/aromatic N) is 1. The number of aromatic amines is 1. The van der Waals surface area contributed by atoms with Gasteiger partial charge in [-0.2, -0.15) is 0 Å². The first kappa shape index (κ1) is 18.5. The highest BCUT2D eigenvalue weighted by molar-refractivity contribution is 5.86. The van der Waals surface area contributed by atoms with Gasteiger partial charge in [-0.1, -0.05) is 50.6 Å². The van der Waals surface area contributed by atoms with Crippen molar-refractivity contribution in [1.29, 1.82) is 0 Å². The van der Waals surface area contributed by atoms with Gasteiger partial charge in [-0.15, -0.1) is 0 Å². The number of nitrogens with two attached hydrogens (primary N) is 1. The van der Waals surface area contributed by atoms with Crippen LogP contribution < -0.4 is 16.4 Å². The second-order valence-electron chi connectivity index (χ2n) is 5.87. The van der Waals surface area contributed by atoms with Gasteiger partial charge in [0.1, 0.15) is 11.9 Å². The Morgan fingerprint density at radius 1 is 1.20 bits per heavy atom. The molecular formula is C18H25N5O2. The third-order valence-electron chi connectivity index (χ3n) is 3.95. The molecule has 0 fully saturated rings. The molecule has 3 amide bonds. The number of benzene rings is 1. The van der Waals surface area contributed by atoms with Crippen LogP contribution in [0.15, 0.2) is 36.5 Å². The minimum Gasteiger partial charge on any atom is -0.352 e. The molecule has 7 heteroatoms. The molecule has 1 heterocycles. The zero-order valence-electron chi connectivity index (χ0n) is 14.6. The monoisotopic (exact) mass is 343 g/mol. The van der Waals surface area contributed by atoms with E-state index in [1.165, 1.54) is 0 Å².